The molecule has 38 valence electrons. The van der Waals surface area contributed by atoms with Gasteiger partial charge in [0.2, 0.25) is 0 Å². The summed E-state index contributed by atoms with van der Waals surface area (Å²) in [6.45, 7) is 0. The molecule has 1 aromatic heterocycles. The second-order valence-electron chi connectivity index (χ2n) is 1.05. The molecule has 0 N–H and O–H groups in total. The summed E-state index contributed by atoms with van der Waals surface area (Å²) < 4.78 is 0. The molecule has 0 fully saturated rings. The van der Waals surface area contributed by atoms with Crippen LogP contribution in [0.3, 0.4) is 0 Å². The van der Waals surface area contributed by atoms with E-state index >= 15 is 0 Å². The van der Waals surface area contributed by atoms with E-state index in [1.54, 1.807) is 18.5 Å². The first-order chi connectivity index (χ1) is 3.39. The molecule has 0 spiro atoms. The third kappa shape index (κ3) is 2.36. The van der Waals surface area contributed by atoms with Gasteiger partial charge in [-0.2, -0.15) is 0 Å². The summed E-state index contributed by atoms with van der Waals surface area (Å²) in [5.41, 5.74) is 0. The molecule has 0 aliphatic rings. The van der Waals surface area contributed by atoms with E-state index < -0.39 is 0 Å². The molecule has 1 heterocycles. The average molecular weight is 120 g/mol. The monoisotopic (exact) mass is 120 g/mol. The van der Waals surface area contributed by atoms with Gasteiger partial charge in [0.1, 0.15) is 0 Å². The van der Waals surface area contributed by atoms with Crippen LogP contribution in [0.5, 0.6) is 0 Å². The zero-order chi connectivity index (χ0) is 5.11. The summed E-state index contributed by atoms with van der Waals surface area (Å²) >= 11 is 3.86. The minimum absolute atomic E-state index is 0. The van der Waals surface area contributed by atoms with E-state index in [-0.39, 0.29) is 18.9 Å². The molecule has 0 radical (unpaired) electrons. The van der Waals surface area contributed by atoms with Crippen molar-refractivity contribution >= 4 is 31.5 Å². The third-order valence-electron chi connectivity index (χ3n) is 0.552. The number of aromatic nitrogens is 2. The number of rotatable bonds is 0. The van der Waals surface area contributed by atoms with Gasteiger partial charge in [-0.05, 0) is 6.07 Å². The van der Waals surface area contributed by atoms with Crippen molar-refractivity contribution in [2.75, 3.05) is 0 Å². The van der Waals surface area contributed by atoms with Crippen molar-refractivity contribution in [3.63, 3.8) is 0 Å². The topological polar surface area (TPSA) is 25.8 Å². The van der Waals surface area contributed by atoms with Crippen LogP contribution in [0.1, 0.15) is 0 Å². The molecule has 0 amide bonds. The molecule has 1 rings (SSSR count). The quantitative estimate of drug-likeness (QED) is 0.299. The summed E-state index contributed by atoms with van der Waals surface area (Å²) in [6.07, 6.45) is 3.30. The molecule has 0 aromatic carbocycles. The molecule has 8 heavy (non-hydrogen) atoms. The van der Waals surface area contributed by atoms with Gasteiger partial charge in [0.15, 0.2) is 5.16 Å². The number of hydrogen-bond acceptors (Lipinski definition) is 3. The first-order valence-electron chi connectivity index (χ1n) is 1.85. The van der Waals surface area contributed by atoms with E-state index in [0.717, 1.165) is 0 Å². The molecule has 0 atom stereocenters. The summed E-state index contributed by atoms with van der Waals surface area (Å²) in [7, 11) is 0. The Morgan fingerprint density at radius 3 is 2.00 bits per heavy atom. The summed E-state index contributed by atoms with van der Waals surface area (Å²) in [4.78, 5) is 7.46. The van der Waals surface area contributed by atoms with Crippen molar-refractivity contribution in [3.05, 3.63) is 18.5 Å². The van der Waals surface area contributed by atoms with Crippen molar-refractivity contribution in [1.82, 2.24) is 9.97 Å². The zero-order valence-electron chi connectivity index (χ0n) is 3.57. The van der Waals surface area contributed by atoms with Gasteiger partial charge in [0.05, 0.1) is 0 Å². The van der Waals surface area contributed by atoms with Crippen LogP contribution in [0.2, 0.25) is 0 Å². The van der Waals surface area contributed by atoms with Crippen LogP contribution in [-0.2, 0) is 0 Å². The van der Waals surface area contributed by atoms with E-state index in [9.17, 15) is 0 Å². The van der Waals surface area contributed by atoms with Crippen LogP contribution in [0.15, 0.2) is 23.6 Å². The molecule has 1 aromatic rings. The molecular weight excluding hydrogens is 115 g/mol. The molecular formula is C4H5LiN2S. The van der Waals surface area contributed by atoms with Crippen molar-refractivity contribution in [3.8, 4) is 0 Å². The van der Waals surface area contributed by atoms with E-state index in [1.807, 2.05) is 0 Å². The fourth-order valence-corrected chi connectivity index (χ4v) is 0.425. The van der Waals surface area contributed by atoms with E-state index in [2.05, 4.69) is 22.6 Å². The molecule has 0 bridgehead atoms. The van der Waals surface area contributed by atoms with Crippen molar-refractivity contribution in [2.45, 2.75) is 5.16 Å². The maximum atomic E-state index is 3.86. The molecule has 0 saturated carbocycles. The van der Waals surface area contributed by atoms with Crippen molar-refractivity contribution < 1.29 is 0 Å². The van der Waals surface area contributed by atoms with Crippen LogP contribution in [-0.4, -0.2) is 28.8 Å². The predicted octanol–water partition coefficient (Wildman–Crippen LogP) is 0.117. The van der Waals surface area contributed by atoms with Crippen molar-refractivity contribution in [1.29, 1.82) is 0 Å². The van der Waals surface area contributed by atoms with Crippen molar-refractivity contribution in [2.24, 2.45) is 0 Å². The van der Waals surface area contributed by atoms with E-state index in [1.165, 1.54) is 0 Å². The van der Waals surface area contributed by atoms with Gasteiger partial charge in [-0.15, -0.1) is 12.6 Å². The second kappa shape index (κ2) is 3.96. The van der Waals surface area contributed by atoms with Crippen LogP contribution in [0, 0.1) is 0 Å². The number of nitrogens with zero attached hydrogens (tertiary/aromatic N) is 2. The van der Waals surface area contributed by atoms with Gasteiger partial charge in [-0.3, -0.25) is 0 Å². The van der Waals surface area contributed by atoms with Crippen LogP contribution in [0.25, 0.3) is 0 Å². The standard InChI is InChI=1S/C4H4N2S.Li.H/c7-4-5-2-1-3-6-4;;/h1-3H,(H,5,6,7);;. The van der Waals surface area contributed by atoms with Gasteiger partial charge < -0.3 is 0 Å². The summed E-state index contributed by atoms with van der Waals surface area (Å²) in [5.74, 6) is 0. The average Bonchev–Trinajstić information content (AvgIpc) is 1.69. The van der Waals surface area contributed by atoms with Gasteiger partial charge in [0.25, 0.3) is 0 Å². The molecule has 4 heteroatoms. The first-order valence-corrected chi connectivity index (χ1v) is 2.30. The maximum absolute atomic E-state index is 3.86. The Kier molecular flexibility index (Phi) is 3.98. The summed E-state index contributed by atoms with van der Waals surface area (Å²) in [6, 6.07) is 1.75. The zero-order valence-corrected chi connectivity index (χ0v) is 4.47. The normalized spacial score (nSPS) is 7.62. The molecule has 0 saturated heterocycles. The number of hydrogen-bond donors (Lipinski definition) is 1. The van der Waals surface area contributed by atoms with Crippen LogP contribution in [0.4, 0.5) is 0 Å². The SMILES string of the molecule is Sc1ncccn1.[LiH]. The van der Waals surface area contributed by atoms with Gasteiger partial charge >= 0.3 is 18.9 Å². The molecule has 0 unspecified atom stereocenters. The molecule has 0 aliphatic heterocycles. The Morgan fingerprint density at radius 2 is 1.75 bits per heavy atom. The fraction of sp³-hybridized carbons (Fsp3) is 0. The Labute approximate surface area is 65.3 Å². The summed E-state index contributed by atoms with van der Waals surface area (Å²) in [5, 5.41) is 0.516. The Balaban J connectivity index is 0.000000490. The fourth-order valence-electron chi connectivity index (χ4n) is 0.291. The van der Waals surface area contributed by atoms with Gasteiger partial charge in [0, 0.05) is 12.4 Å². The third-order valence-corrected chi connectivity index (χ3v) is 0.783. The molecule has 0 aliphatic carbocycles. The number of thiol groups is 1. The first kappa shape index (κ1) is 8.03. The van der Waals surface area contributed by atoms with Crippen LogP contribution >= 0.6 is 12.6 Å². The van der Waals surface area contributed by atoms with Crippen LogP contribution < -0.4 is 0 Å². The Bertz CT molecular complexity index is 144. The predicted molar refractivity (Wildman–Crippen MR) is 36.4 cm³/mol. The Hall–Kier alpha value is 0.0274. The van der Waals surface area contributed by atoms with E-state index in [4.69, 9.17) is 0 Å². The Morgan fingerprint density at radius 1 is 1.25 bits per heavy atom. The molecule has 2 nitrogen and oxygen atoms in total. The van der Waals surface area contributed by atoms with Gasteiger partial charge in [-0.25, -0.2) is 9.97 Å². The van der Waals surface area contributed by atoms with Gasteiger partial charge in [-0.1, -0.05) is 0 Å². The van der Waals surface area contributed by atoms with E-state index in [0.29, 0.717) is 5.16 Å². The second-order valence-corrected chi connectivity index (χ2v) is 1.45. The minimum atomic E-state index is 0.